The molecule has 0 spiro atoms. The number of hydrogen-bond acceptors (Lipinski definition) is 7. The molecule has 0 aromatic heterocycles. The fourth-order valence-electron chi connectivity index (χ4n) is 5.50. The predicted molar refractivity (Wildman–Crippen MR) is 154 cm³/mol. The van der Waals surface area contributed by atoms with E-state index in [1.165, 1.54) is 17.3 Å². The molecule has 40 heavy (non-hydrogen) atoms. The molecule has 0 aliphatic carbocycles. The van der Waals surface area contributed by atoms with E-state index in [2.05, 4.69) is 12.1 Å². The van der Waals surface area contributed by atoms with Gasteiger partial charge in [-0.3, -0.25) is 4.79 Å². The summed E-state index contributed by atoms with van der Waals surface area (Å²) in [4.78, 5) is 28.0. The Morgan fingerprint density at radius 1 is 0.975 bits per heavy atom. The van der Waals surface area contributed by atoms with E-state index in [-0.39, 0.29) is 23.4 Å². The standard InChI is InChI=1S/C32H35NO6S/c1-36-26-16-14-24(15-17-26)21-33-29(22-40-31(33)35)32(37-2)20-28(38-30(34)25-11-7-4-8-12-25)19-27(39-32)18-13-23-9-5-3-6-10-23/h3-12,14-17,27-29H,13,18-22H2,1-2H3/t27-,28+,29-,32+/m0/s1. The van der Waals surface area contributed by atoms with Crippen molar-refractivity contribution >= 4 is 23.0 Å². The average molecular weight is 562 g/mol. The molecule has 1 amide bonds. The fraction of sp³-hybridized carbons (Fsp3) is 0.375. The van der Waals surface area contributed by atoms with Crippen LogP contribution in [-0.2, 0) is 27.2 Å². The molecule has 2 aliphatic rings. The van der Waals surface area contributed by atoms with E-state index in [4.69, 9.17) is 18.9 Å². The predicted octanol–water partition coefficient (Wildman–Crippen LogP) is 6.11. The first-order valence-electron chi connectivity index (χ1n) is 13.6. The molecule has 3 aromatic rings. The number of methoxy groups -OCH3 is 2. The van der Waals surface area contributed by atoms with E-state index in [9.17, 15) is 9.59 Å². The van der Waals surface area contributed by atoms with Crippen LogP contribution >= 0.6 is 11.8 Å². The lowest BCUT2D eigenvalue weighted by Gasteiger charge is -2.48. The van der Waals surface area contributed by atoms with Gasteiger partial charge in [0.25, 0.3) is 5.24 Å². The van der Waals surface area contributed by atoms with Crippen molar-refractivity contribution in [1.82, 2.24) is 4.90 Å². The molecule has 210 valence electrons. The molecule has 5 rings (SSSR count). The Kier molecular flexibility index (Phi) is 9.09. The molecule has 2 heterocycles. The van der Waals surface area contributed by atoms with Gasteiger partial charge in [0, 0.05) is 32.2 Å². The summed E-state index contributed by atoms with van der Waals surface area (Å²) in [6.07, 6.45) is 1.81. The van der Waals surface area contributed by atoms with Gasteiger partial charge in [-0.25, -0.2) is 4.79 Å². The second-order valence-corrected chi connectivity index (χ2v) is 11.2. The molecule has 2 fully saturated rings. The second kappa shape index (κ2) is 12.9. The third-order valence-electron chi connectivity index (χ3n) is 7.63. The summed E-state index contributed by atoms with van der Waals surface area (Å²) >= 11 is 1.27. The summed E-state index contributed by atoms with van der Waals surface area (Å²) < 4.78 is 24.3. The quantitative estimate of drug-likeness (QED) is 0.277. The minimum atomic E-state index is -1.12. The van der Waals surface area contributed by atoms with Crippen molar-refractivity contribution in [3.8, 4) is 5.75 Å². The number of ether oxygens (including phenoxy) is 4. The van der Waals surface area contributed by atoms with Crippen molar-refractivity contribution in [2.75, 3.05) is 20.0 Å². The smallest absolute Gasteiger partial charge is 0.338 e. The number of aryl methyl sites for hydroxylation is 1. The first kappa shape index (κ1) is 28.2. The van der Waals surface area contributed by atoms with E-state index in [1.807, 2.05) is 65.6 Å². The molecule has 2 saturated heterocycles. The lowest BCUT2D eigenvalue weighted by atomic mass is 9.90. The molecule has 4 atom stereocenters. The van der Waals surface area contributed by atoms with Gasteiger partial charge in [-0.05, 0) is 48.2 Å². The van der Waals surface area contributed by atoms with Crippen molar-refractivity contribution < 1.29 is 28.5 Å². The average Bonchev–Trinajstić information content (AvgIpc) is 3.37. The molecule has 2 aliphatic heterocycles. The molecule has 0 bridgehead atoms. The first-order chi connectivity index (χ1) is 19.5. The van der Waals surface area contributed by atoms with Crippen LogP contribution in [0.1, 0.15) is 40.7 Å². The second-order valence-electron chi connectivity index (χ2n) is 10.2. The summed E-state index contributed by atoms with van der Waals surface area (Å²) in [6, 6.07) is 26.6. The van der Waals surface area contributed by atoms with E-state index in [0.29, 0.717) is 30.7 Å². The minimum Gasteiger partial charge on any atom is -0.497 e. The van der Waals surface area contributed by atoms with Crippen LogP contribution in [-0.4, -0.2) is 60.1 Å². The van der Waals surface area contributed by atoms with Gasteiger partial charge in [0.05, 0.1) is 24.8 Å². The zero-order valence-corrected chi connectivity index (χ0v) is 23.7. The highest BCUT2D eigenvalue weighted by Crippen LogP contribution is 2.43. The molecule has 0 radical (unpaired) electrons. The van der Waals surface area contributed by atoms with Gasteiger partial charge in [-0.2, -0.15) is 0 Å². The number of amides is 1. The third-order valence-corrected chi connectivity index (χ3v) is 8.59. The number of hydrogen-bond donors (Lipinski definition) is 0. The van der Waals surface area contributed by atoms with Gasteiger partial charge >= 0.3 is 5.97 Å². The van der Waals surface area contributed by atoms with Crippen LogP contribution in [0.25, 0.3) is 0 Å². The summed E-state index contributed by atoms with van der Waals surface area (Å²) in [5.41, 5.74) is 2.70. The van der Waals surface area contributed by atoms with Crippen LogP contribution in [0.4, 0.5) is 4.79 Å². The number of rotatable bonds is 10. The molecule has 8 heteroatoms. The largest absolute Gasteiger partial charge is 0.497 e. The number of esters is 1. The molecular formula is C32H35NO6S. The minimum absolute atomic E-state index is 0.0231. The van der Waals surface area contributed by atoms with E-state index < -0.39 is 11.9 Å². The van der Waals surface area contributed by atoms with Crippen molar-refractivity contribution in [2.24, 2.45) is 0 Å². The fourth-order valence-corrected chi connectivity index (χ4v) is 6.60. The normalized spacial score (nSPS) is 24.6. The lowest BCUT2D eigenvalue weighted by Crippen LogP contribution is -2.60. The van der Waals surface area contributed by atoms with Gasteiger partial charge in [-0.15, -0.1) is 0 Å². The van der Waals surface area contributed by atoms with E-state index in [0.717, 1.165) is 24.2 Å². The van der Waals surface area contributed by atoms with Crippen molar-refractivity contribution in [2.45, 2.75) is 56.3 Å². The zero-order valence-electron chi connectivity index (χ0n) is 22.9. The monoisotopic (exact) mass is 561 g/mol. The Labute approximate surface area is 239 Å². The molecular weight excluding hydrogens is 526 g/mol. The van der Waals surface area contributed by atoms with Crippen LogP contribution in [0.2, 0.25) is 0 Å². The summed E-state index contributed by atoms with van der Waals surface area (Å²) in [5, 5.41) is -0.0231. The van der Waals surface area contributed by atoms with Gasteiger partial charge in [0.2, 0.25) is 0 Å². The van der Waals surface area contributed by atoms with Gasteiger partial charge in [0.15, 0.2) is 5.79 Å². The Balaban J connectivity index is 1.39. The number of nitrogens with zero attached hydrogens (tertiary/aromatic N) is 1. The SMILES string of the molecule is COc1ccc(CN2C(=O)SC[C@H]2[C@@]2(OC)C[C@H](OC(=O)c3ccccc3)C[C@H](CCc3ccccc3)O2)cc1. The van der Waals surface area contributed by atoms with Gasteiger partial charge < -0.3 is 23.8 Å². The Morgan fingerprint density at radius 3 is 2.35 bits per heavy atom. The van der Waals surface area contributed by atoms with Crippen molar-refractivity contribution in [3.05, 3.63) is 102 Å². The van der Waals surface area contributed by atoms with Crippen LogP contribution in [0, 0.1) is 0 Å². The maximum absolute atomic E-state index is 13.1. The molecule has 3 aromatic carbocycles. The van der Waals surface area contributed by atoms with Crippen molar-refractivity contribution in [1.29, 1.82) is 0 Å². The number of benzene rings is 3. The number of carbonyl (C=O) groups is 2. The molecule has 7 nitrogen and oxygen atoms in total. The van der Waals surface area contributed by atoms with E-state index >= 15 is 0 Å². The van der Waals surface area contributed by atoms with Gasteiger partial charge in [-0.1, -0.05) is 72.4 Å². The highest BCUT2D eigenvalue weighted by Gasteiger charge is 2.54. The van der Waals surface area contributed by atoms with Gasteiger partial charge in [0.1, 0.15) is 11.9 Å². The highest BCUT2D eigenvalue weighted by molar-refractivity contribution is 8.13. The zero-order chi connectivity index (χ0) is 28.0. The molecule has 0 unspecified atom stereocenters. The molecule has 0 saturated carbocycles. The third kappa shape index (κ3) is 6.52. The topological polar surface area (TPSA) is 74.3 Å². The summed E-state index contributed by atoms with van der Waals surface area (Å²) in [7, 11) is 3.25. The van der Waals surface area contributed by atoms with Crippen LogP contribution < -0.4 is 4.74 Å². The maximum atomic E-state index is 13.1. The van der Waals surface area contributed by atoms with Crippen molar-refractivity contribution in [3.63, 3.8) is 0 Å². The highest BCUT2D eigenvalue weighted by atomic mass is 32.2. The van der Waals surface area contributed by atoms with Crippen LogP contribution in [0.3, 0.4) is 0 Å². The van der Waals surface area contributed by atoms with E-state index in [1.54, 1.807) is 26.4 Å². The maximum Gasteiger partial charge on any atom is 0.338 e. The Morgan fingerprint density at radius 2 is 1.68 bits per heavy atom. The first-order valence-corrected chi connectivity index (χ1v) is 14.6. The lowest BCUT2D eigenvalue weighted by molar-refractivity contribution is -0.304. The number of carbonyl (C=O) groups excluding carboxylic acids is 2. The van der Waals surface area contributed by atoms with Crippen LogP contribution in [0.15, 0.2) is 84.9 Å². The Hall–Kier alpha value is -3.33. The summed E-state index contributed by atoms with van der Waals surface area (Å²) in [5.74, 6) is -0.206. The summed E-state index contributed by atoms with van der Waals surface area (Å²) in [6.45, 7) is 0.415. The van der Waals surface area contributed by atoms with Crippen LogP contribution in [0.5, 0.6) is 5.75 Å². The number of thioether (sulfide) groups is 1. The molecule has 0 N–H and O–H groups in total. The Bertz CT molecular complexity index is 1270.